The van der Waals surface area contributed by atoms with Crippen LogP contribution in [0.25, 0.3) is 0 Å². The van der Waals surface area contributed by atoms with Crippen LogP contribution >= 0.6 is 0 Å². The molecule has 0 aromatic heterocycles. The Hall–Kier alpha value is -0.940. The van der Waals surface area contributed by atoms with Crippen LogP contribution < -0.4 is 5.32 Å². The minimum Gasteiger partial charge on any atom is -0.390 e. The maximum absolute atomic E-state index is 9.88. The maximum atomic E-state index is 9.88. The molecule has 0 spiro atoms. The van der Waals surface area contributed by atoms with Crippen molar-refractivity contribution in [1.29, 1.82) is 0 Å². The summed E-state index contributed by atoms with van der Waals surface area (Å²) < 4.78 is 5.80. The van der Waals surface area contributed by atoms with Gasteiger partial charge in [0.05, 0.1) is 18.8 Å². The minimum absolute atomic E-state index is 0.526. The lowest BCUT2D eigenvalue weighted by atomic mass is 9.82. The Labute approximate surface area is 139 Å². The summed E-state index contributed by atoms with van der Waals surface area (Å²) in [6.07, 6.45) is 0.789. The van der Waals surface area contributed by atoms with Crippen molar-refractivity contribution in [3.05, 3.63) is 35.9 Å². The Balaban J connectivity index is 1.55. The molecular weight excluding hydrogens is 288 g/mol. The van der Waals surface area contributed by atoms with Gasteiger partial charge in [-0.3, -0.25) is 4.90 Å². The molecule has 2 fully saturated rings. The van der Waals surface area contributed by atoms with Gasteiger partial charge in [0.2, 0.25) is 0 Å². The fourth-order valence-electron chi connectivity index (χ4n) is 3.88. The van der Waals surface area contributed by atoms with Crippen molar-refractivity contribution in [2.24, 2.45) is 11.8 Å². The highest BCUT2D eigenvalue weighted by Gasteiger charge is 2.39. The highest BCUT2D eigenvalue weighted by Crippen LogP contribution is 2.29. The highest BCUT2D eigenvalue weighted by molar-refractivity contribution is 5.14. The van der Waals surface area contributed by atoms with E-state index in [1.807, 2.05) is 13.8 Å². The molecule has 2 bridgehead atoms. The maximum Gasteiger partial charge on any atom is 0.0603 e. The van der Waals surface area contributed by atoms with Crippen molar-refractivity contribution in [3.8, 4) is 0 Å². The van der Waals surface area contributed by atoms with Crippen molar-refractivity contribution in [2.75, 3.05) is 32.8 Å². The summed E-state index contributed by atoms with van der Waals surface area (Å²) in [7, 11) is 0. The molecular formula is C19H30N2O2. The van der Waals surface area contributed by atoms with Gasteiger partial charge >= 0.3 is 0 Å². The fraction of sp³-hybridized carbons (Fsp3) is 0.684. The number of nitrogens with zero attached hydrogens (tertiary/aromatic N) is 1. The number of rotatable bonds is 6. The molecule has 2 aliphatic heterocycles. The number of fused-ring (bicyclic) bond motifs is 2. The molecule has 2 saturated heterocycles. The SMILES string of the molecule is CC(C)(O)CCNC1C2COCC1CN(Cc1ccccc1)C2. The second-order valence-corrected chi connectivity index (χ2v) is 7.78. The van der Waals surface area contributed by atoms with Gasteiger partial charge in [-0.25, -0.2) is 0 Å². The molecule has 4 heteroatoms. The van der Waals surface area contributed by atoms with Crippen LogP contribution in [0, 0.1) is 11.8 Å². The molecule has 4 nitrogen and oxygen atoms in total. The summed E-state index contributed by atoms with van der Waals surface area (Å²) in [6, 6.07) is 11.2. The Bertz CT molecular complexity index is 472. The van der Waals surface area contributed by atoms with Crippen molar-refractivity contribution in [1.82, 2.24) is 10.2 Å². The average Bonchev–Trinajstić information content (AvgIpc) is 2.47. The summed E-state index contributed by atoms with van der Waals surface area (Å²) in [6.45, 7) is 9.54. The van der Waals surface area contributed by atoms with Crippen LogP contribution in [0.3, 0.4) is 0 Å². The van der Waals surface area contributed by atoms with Gasteiger partial charge < -0.3 is 15.2 Å². The monoisotopic (exact) mass is 318 g/mol. The lowest BCUT2D eigenvalue weighted by Gasteiger charge is -2.47. The molecule has 0 amide bonds. The standard InChI is InChI=1S/C19H30N2O2/c1-19(2,22)8-9-20-18-16-11-21(12-17(18)14-23-13-16)10-15-6-4-3-5-7-15/h3-7,16-18,20,22H,8-14H2,1-2H3. The molecule has 3 rings (SSSR count). The molecule has 2 atom stereocenters. The number of likely N-dealkylation sites (tertiary alicyclic amines) is 1. The lowest BCUT2D eigenvalue weighted by molar-refractivity contribution is -0.0674. The smallest absolute Gasteiger partial charge is 0.0603 e. The molecule has 0 aliphatic carbocycles. The molecule has 23 heavy (non-hydrogen) atoms. The zero-order chi connectivity index (χ0) is 16.3. The van der Waals surface area contributed by atoms with Crippen LogP contribution in [0.5, 0.6) is 0 Å². The van der Waals surface area contributed by atoms with Crippen molar-refractivity contribution in [3.63, 3.8) is 0 Å². The normalized spacial score (nSPS) is 28.7. The van der Waals surface area contributed by atoms with E-state index < -0.39 is 5.60 Å². The van der Waals surface area contributed by atoms with Gasteiger partial charge in [0.25, 0.3) is 0 Å². The third kappa shape index (κ3) is 4.77. The molecule has 2 heterocycles. The summed E-state index contributed by atoms with van der Waals surface area (Å²) in [4.78, 5) is 2.57. The summed E-state index contributed by atoms with van der Waals surface area (Å²) in [5, 5.41) is 13.6. The first-order chi connectivity index (χ1) is 11.0. The molecule has 1 aromatic rings. The molecule has 2 N–H and O–H groups in total. The van der Waals surface area contributed by atoms with Gasteiger partial charge in [-0.05, 0) is 32.4 Å². The van der Waals surface area contributed by atoms with E-state index in [0.29, 0.717) is 17.9 Å². The predicted molar refractivity (Wildman–Crippen MR) is 92.2 cm³/mol. The number of aliphatic hydroxyl groups is 1. The molecule has 2 unspecified atom stereocenters. The lowest BCUT2D eigenvalue weighted by Crippen LogP contribution is -2.60. The quantitative estimate of drug-likeness (QED) is 0.841. The third-order valence-corrected chi connectivity index (χ3v) is 5.03. The summed E-state index contributed by atoms with van der Waals surface area (Å²) in [5.74, 6) is 1.10. The summed E-state index contributed by atoms with van der Waals surface area (Å²) >= 11 is 0. The predicted octanol–water partition coefficient (Wildman–Crippen LogP) is 1.88. The number of hydrogen-bond acceptors (Lipinski definition) is 4. The second kappa shape index (κ2) is 7.31. The second-order valence-electron chi connectivity index (χ2n) is 7.78. The van der Waals surface area contributed by atoms with Gasteiger partial charge in [-0.1, -0.05) is 30.3 Å². The van der Waals surface area contributed by atoms with Gasteiger partial charge in [0, 0.05) is 37.5 Å². The van der Waals surface area contributed by atoms with E-state index in [-0.39, 0.29) is 0 Å². The van der Waals surface area contributed by atoms with Crippen LogP contribution in [0.4, 0.5) is 0 Å². The van der Waals surface area contributed by atoms with Crippen LogP contribution in [-0.2, 0) is 11.3 Å². The fourth-order valence-corrected chi connectivity index (χ4v) is 3.88. The van der Waals surface area contributed by atoms with E-state index >= 15 is 0 Å². The van der Waals surface area contributed by atoms with Crippen LogP contribution in [0.2, 0.25) is 0 Å². The first kappa shape index (κ1) is 16.9. The van der Waals surface area contributed by atoms with Gasteiger partial charge in [0.15, 0.2) is 0 Å². The van der Waals surface area contributed by atoms with E-state index in [0.717, 1.165) is 45.8 Å². The topological polar surface area (TPSA) is 44.7 Å². The Morgan fingerprint density at radius 1 is 1.17 bits per heavy atom. The Morgan fingerprint density at radius 2 is 1.83 bits per heavy atom. The number of hydrogen-bond donors (Lipinski definition) is 2. The molecule has 0 saturated carbocycles. The number of nitrogens with one attached hydrogen (secondary N) is 1. The number of benzene rings is 1. The van der Waals surface area contributed by atoms with E-state index in [9.17, 15) is 5.11 Å². The van der Waals surface area contributed by atoms with Crippen molar-refractivity contribution < 1.29 is 9.84 Å². The van der Waals surface area contributed by atoms with E-state index in [1.165, 1.54) is 5.56 Å². The first-order valence-electron chi connectivity index (χ1n) is 8.81. The minimum atomic E-state index is -0.591. The first-order valence-corrected chi connectivity index (χ1v) is 8.81. The molecule has 0 radical (unpaired) electrons. The van der Waals surface area contributed by atoms with Crippen molar-refractivity contribution >= 4 is 0 Å². The zero-order valence-corrected chi connectivity index (χ0v) is 14.4. The van der Waals surface area contributed by atoms with Gasteiger partial charge in [-0.15, -0.1) is 0 Å². The van der Waals surface area contributed by atoms with Crippen molar-refractivity contribution in [2.45, 2.75) is 38.5 Å². The Morgan fingerprint density at radius 3 is 2.43 bits per heavy atom. The third-order valence-electron chi connectivity index (χ3n) is 5.03. The molecule has 2 aliphatic rings. The zero-order valence-electron chi connectivity index (χ0n) is 14.4. The Kier molecular flexibility index (Phi) is 5.37. The van der Waals surface area contributed by atoms with Gasteiger partial charge in [-0.2, -0.15) is 0 Å². The van der Waals surface area contributed by atoms with E-state index in [1.54, 1.807) is 0 Å². The highest BCUT2D eigenvalue weighted by atomic mass is 16.5. The summed E-state index contributed by atoms with van der Waals surface area (Å²) in [5.41, 5.74) is 0.798. The van der Waals surface area contributed by atoms with E-state index in [2.05, 4.69) is 40.5 Å². The van der Waals surface area contributed by atoms with E-state index in [4.69, 9.17) is 4.74 Å². The average molecular weight is 318 g/mol. The molecule has 128 valence electrons. The molecule has 1 aromatic carbocycles. The van der Waals surface area contributed by atoms with Crippen LogP contribution in [0.15, 0.2) is 30.3 Å². The number of piperidine rings is 1. The van der Waals surface area contributed by atoms with Crippen LogP contribution in [0.1, 0.15) is 25.8 Å². The largest absolute Gasteiger partial charge is 0.390 e. The van der Waals surface area contributed by atoms with Gasteiger partial charge in [0.1, 0.15) is 0 Å². The van der Waals surface area contributed by atoms with Crippen LogP contribution in [-0.4, -0.2) is 54.5 Å². The number of ether oxygens (including phenoxy) is 1.